The predicted molar refractivity (Wildman–Crippen MR) is 163 cm³/mol. The van der Waals surface area contributed by atoms with Crippen LogP contribution in [-0.2, 0) is 23.1 Å². The van der Waals surface area contributed by atoms with Gasteiger partial charge in [-0.1, -0.05) is 80.6 Å². The van der Waals surface area contributed by atoms with E-state index in [1.54, 1.807) is 22.5 Å². The number of aryl methyl sites for hydroxylation is 4. The number of rotatable bonds is 13. The van der Waals surface area contributed by atoms with Crippen LogP contribution in [0.5, 0.6) is 0 Å². The Labute approximate surface area is 239 Å². The molecule has 0 spiro atoms. The Morgan fingerprint density at radius 1 is 0.763 bits per heavy atom. The van der Waals surface area contributed by atoms with Gasteiger partial charge in [0.05, 0.1) is 24.5 Å². The molecule has 0 aliphatic carbocycles. The number of hydrogen-bond donors (Lipinski definition) is 0. The van der Waals surface area contributed by atoms with E-state index in [0.29, 0.717) is 18.0 Å². The highest BCUT2D eigenvalue weighted by atomic mass is 79.9. The number of nitrogens with zero attached hydrogens (tertiary/aromatic N) is 2. The maximum atomic E-state index is 13.8. The predicted octanol–water partition coefficient (Wildman–Crippen LogP) is 7.71. The maximum absolute atomic E-state index is 13.8. The van der Waals surface area contributed by atoms with E-state index in [1.807, 2.05) is 6.07 Å². The highest BCUT2D eigenvalue weighted by molar-refractivity contribution is 9.10. The normalized spacial score (nSPS) is 12.3. The van der Waals surface area contributed by atoms with Crippen molar-refractivity contribution in [1.29, 1.82) is 0 Å². The van der Waals surface area contributed by atoms with Crippen molar-refractivity contribution in [2.24, 2.45) is 0 Å². The van der Waals surface area contributed by atoms with Crippen LogP contribution in [-0.4, -0.2) is 43.4 Å². The average Bonchev–Trinajstić information content (AvgIpc) is 2.84. The monoisotopic (exact) mass is 599 g/mol. The van der Waals surface area contributed by atoms with E-state index in [2.05, 4.69) is 93.9 Å². The van der Waals surface area contributed by atoms with Crippen LogP contribution < -0.4 is 0 Å². The number of unbranched alkanes of at least 4 members (excludes halogenated alkanes) is 1. The van der Waals surface area contributed by atoms with Crippen LogP contribution in [0.3, 0.4) is 0 Å². The van der Waals surface area contributed by atoms with E-state index in [1.165, 1.54) is 16.7 Å². The minimum Gasteiger partial charge on any atom is -0.320 e. The fraction of sp³-hybridized carbons (Fsp3) is 0.438. The Kier molecular flexibility index (Phi) is 10.8. The highest BCUT2D eigenvalue weighted by Crippen LogP contribution is 2.24. The molecule has 38 heavy (non-hydrogen) atoms. The number of benzene rings is 3. The second-order valence-corrected chi connectivity index (χ2v) is 13.7. The summed E-state index contributed by atoms with van der Waals surface area (Å²) < 4.78 is 31.0. The second-order valence-electron chi connectivity index (χ2n) is 10.9. The molecule has 0 aromatic heterocycles. The Bertz CT molecular complexity index is 1290. The van der Waals surface area contributed by atoms with E-state index in [-0.39, 0.29) is 0 Å². The summed E-state index contributed by atoms with van der Waals surface area (Å²) in [6.45, 7) is 18.1. The molecule has 0 amide bonds. The summed E-state index contributed by atoms with van der Waals surface area (Å²) in [7, 11) is -3.63. The number of hydrogen-bond acceptors (Lipinski definition) is 2. The van der Waals surface area contributed by atoms with Crippen molar-refractivity contribution in [2.75, 3.05) is 26.2 Å². The average molecular weight is 601 g/mol. The van der Waals surface area contributed by atoms with Crippen LogP contribution in [0, 0.1) is 27.7 Å². The third-order valence-electron chi connectivity index (χ3n) is 7.51. The van der Waals surface area contributed by atoms with Gasteiger partial charge in [0.1, 0.15) is 6.54 Å². The third-order valence-corrected chi connectivity index (χ3v) is 9.84. The molecule has 0 saturated heterocycles. The molecular formula is C32H44BrN2O2S+. The van der Waals surface area contributed by atoms with Gasteiger partial charge >= 0.3 is 0 Å². The largest absolute Gasteiger partial charge is 0.320 e. The minimum absolute atomic E-state index is 0.332. The highest BCUT2D eigenvalue weighted by Gasteiger charge is 2.27. The molecule has 3 aromatic rings. The van der Waals surface area contributed by atoms with Gasteiger partial charge in [-0.2, -0.15) is 4.31 Å². The lowest BCUT2D eigenvalue weighted by molar-refractivity contribution is -0.938. The third kappa shape index (κ3) is 8.25. The van der Waals surface area contributed by atoms with Crippen molar-refractivity contribution in [1.82, 2.24) is 4.31 Å². The Balaban J connectivity index is 1.77. The van der Waals surface area contributed by atoms with E-state index >= 15 is 0 Å². The summed E-state index contributed by atoms with van der Waals surface area (Å²) in [5, 5.41) is 0. The van der Waals surface area contributed by atoms with Gasteiger partial charge in [0.15, 0.2) is 0 Å². The van der Waals surface area contributed by atoms with Crippen LogP contribution in [0.2, 0.25) is 0 Å². The van der Waals surface area contributed by atoms with Crippen molar-refractivity contribution < 1.29 is 12.9 Å². The second kappa shape index (κ2) is 13.4. The first kappa shape index (κ1) is 30.6. The molecule has 3 rings (SSSR count). The molecule has 0 heterocycles. The lowest BCUT2D eigenvalue weighted by atomic mass is 10.1. The Morgan fingerprint density at radius 2 is 1.32 bits per heavy atom. The van der Waals surface area contributed by atoms with Gasteiger partial charge in [0, 0.05) is 23.1 Å². The molecule has 0 fully saturated rings. The molecular weight excluding hydrogens is 556 g/mol. The molecule has 0 atom stereocenters. The maximum Gasteiger partial charge on any atom is 0.243 e. The first-order valence-corrected chi connectivity index (χ1v) is 15.9. The van der Waals surface area contributed by atoms with Gasteiger partial charge in [0.2, 0.25) is 10.0 Å². The zero-order valence-corrected chi connectivity index (χ0v) is 26.3. The fourth-order valence-corrected chi connectivity index (χ4v) is 7.61. The molecule has 4 nitrogen and oxygen atoms in total. The number of quaternary nitrogens is 1. The molecule has 0 N–H and O–H groups in total. The standard InChI is InChI=1S/C32H44BrN2O2S/c1-7-35(8-2,24-30-20-27(5)17-28(6)21-30)15-10-9-14-34(23-29-18-25(3)16-26(4)19-29)38(36,37)32-13-11-12-31(33)22-32/h11-13,16-22H,7-10,14-15,23-24H2,1-6H3/q+1. The van der Waals surface area contributed by atoms with Crippen molar-refractivity contribution >= 4 is 26.0 Å². The van der Waals surface area contributed by atoms with E-state index < -0.39 is 10.0 Å². The Hall–Kier alpha value is -1.99. The lowest BCUT2D eigenvalue weighted by Crippen LogP contribution is -2.47. The van der Waals surface area contributed by atoms with E-state index in [0.717, 1.165) is 64.7 Å². The van der Waals surface area contributed by atoms with Crippen molar-refractivity contribution in [3.05, 3.63) is 98.5 Å². The van der Waals surface area contributed by atoms with Crippen LogP contribution >= 0.6 is 15.9 Å². The SMILES string of the molecule is CC[N+](CC)(CCCCN(Cc1cc(C)cc(C)c1)S(=O)(=O)c1cccc(Br)c1)Cc1cc(C)cc(C)c1. The number of halogens is 1. The number of sulfonamides is 1. The molecule has 0 saturated carbocycles. The summed E-state index contributed by atoms with van der Waals surface area (Å²) in [5.41, 5.74) is 7.34. The Morgan fingerprint density at radius 3 is 1.84 bits per heavy atom. The summed E-state index contributed by atoms with van der Waals surface area (Å²) in [6.07, 6.45) is 1.80. The van der Waals surface area contributed by atoms with Gasteiger partial charge < -0.3 is 4.48 Å². The quantitative estimate of drug-likeness (QED) is 0.149. The topological polar surface area (TPSA) is 37.4 Å². The van der Waals surface area contributed by atoms with Crippen LogP contribution in [0.15, 0.2) is 70.0 Å². The smallest absolute Gasteiger partial charge is 0.243 e. The van der Waals surface area contributed by atoms with Gasteiger partial charge in [0.25, 0.3) is 0 Å². The molecule has 0 bridgehead atoms. The molecule has 0 unspecified atom stereocenters. The van der Waals surface area contributed by atoms with Crippen LogP contribution in [0.25, 0.3) is 0 Å². The summed E-state index contributed by atoms with van der Waals surface area (Å²) >= 11 is 3.44. The first-order chi connectivity index (χ1) is 18.0. The van der Waals surface area contributed by atoms with Crippen molar-refractivity contribution in [2.45, 2.75) is 72.4 Å². The molecule has 0 aliphatic rings. The van der Waals surface area contributed by atoms with Crippen LogP contribution in [0.1, 0.15) is 60.1 Å². The lowest BCUT2D eigenvalue weighted by Gasteiger charge is -2.37. The van der Waals surface area contributed by atoms with E-state index in [9.17, 15) is 8.42 Å². The zero-order chi connectivity index (χ0) is 27.9. The fourth-order valence-electron chi connectivity index (χ4n) is 5.55. The van der Waals surface area contributed by atoms with Gasteiger partial charge in [-0.05, 0) is 78.1 Å². The van der Waals surface area contributed by atoms with E-state index in [4.69, 9.17) is 0 Å². The van der Waals surface area contributed by atoms with Gasteiger partial charge in [-0.25, -0.2) is 8.42 Å². The molecule has 0 radical (unpaired) electrons. The molecule has 206 valence electrons. The zero-order valence-electron chi connectivity index (χ0n) is 23.9. The van der Waals surface area contributed by atoms with Crippen LogP contribution in [0.4, 0.5) is 0 Å². The van der Waals surface area contributed by atoms with Gasteiger partial charge in [-0.15, -0.1) is 0 Å². The first-order valence-electron chi connectivity index (χ1n) is 13.7. The minimum atomic E-state index is -3.63. The van der Waals surface area contributed by atoms with Crippen molar-refractivity contribution in [3.8, 4) is 0 Å². The summed E-state index contributed by atoms with van der Waals surface area (Å²) in [6, 6.07) is 20.2. The molecule has 3 aromatic carbocycles. The summed E-state index contributed by atoms with van der Waals surface area (Å²) in [5.74, 6) is 0. The van der Waals surface area contributed by atoms with Crippen molar-refractivity contribution in [3.63, 3.8) is 0 Å². The summed E-state index contributed by atoms with van der Waals surface area (Å²) in [4.78, 5) is 0.332. The van der Waals surface area contributed by atoms with Gasteiger partial charge in [-0.3, -0.25) is 0 Å². The molecule has 0 aliphatic heterocycles. The molecule has 6 heteroatoms.